The van der Waals surface area contributed by atoms with Crippen molar-refractivity contribution in [2.75, 3.05) is 6.54 Å². The Kier molecular flexibility index (Phi) is 9.02. The van der Waals surface area contributed by atoms with Crippen LogP contribution in [0.2, 0.25) is 0 Å². The molecule has 0 bridgehead atoms. The van der Waals surface area contributed by atoms with E-state index in [1.165, 1.54) is 0 Å². The third-order valence-electron chi connectivity index (χ3n) is 12.8. The number of benzene rings is 1. The number of allylic oxidation sites excluding steroid dienone is 2. The first kappa shape index (κ1) is 35.9. The Balaban J connectivity index is 1.15. The van der Waals surface area contributed by atoms with Crippen molar-refractivity contribution < 1.29 is 27.5 Å². The van der Waals surface area contributed by atoms with E-state index in [2.05, 4.69) is 21.8 Å². The molecule has 3 aliphatic heterocycles. The fourth-order valence-electron chi connectivity index (χ4n) is 9.08. The summed E-state index contributed by atoms with van der Waals surface area (Å²) in [4.78, 5) is 54.9. The average Bonchev–Trinajstić information content (AvgIpc) is 4.02. The van der Waals surface area contributed by atoms with Gasteiger partial charge in [0.05, 0.1) is 34.0 Å². The minimum Gasteiger partial charge on any atom is -0.483 e. The molecule has 3 aromatic rings. The molecule has 2 aliphatic carbocycles. The normalized spacial score (nSPS) is 30.3. The Morgan fingerprint density at radius 2 is 1.87 bits per heavy atom. The molecular formula is C42H50N4O6S. The van der Waals surface area contributed by atoms with E-state index in [0.29, 0.717) is 51.4 Å². The third-order valence-corrected chi connectivity index (χ3v) is 15.0. The predicted molar refractivity (Wildman–Crippen MR) is 202 cm³/mol. The summed E-state index contributed by atoms with van der Waals surface area (Å²) in [6.45, 7) is 5.86. The number of carbonyl (C=O) groups is 3. The lowest BCUT2D eigenvalue weighted by atomic mass is 9.85. The monoisotopic (exact) mass is 738 g/mol. The summed E-state index contributed by atoms with van der Waals surface area (Å²) in [6.07, 6.45) is 13.4. The highest BCUT2D eigenvalue weighted by molar-refractivity contribution is 7.91. The Labute approximate surface area is 312 Å². The number of fused-ring (bicyclic) bond motifs is 5. The number of nitrogens with zero attached hydrogens (tertiary/aromatic N) is 3. The number of sulfonamides is 1. The van der Waals surface area contributed by atoms with E-state index < -0.39 is 37.7 Å². The van der Waals surface area contributed by atoms with Crippen LogP contribution < -0.4 is 9.46 Å². The topological polar surface area (TPSA) is 136 Å². The number of rotatable bonds is 5. The van der Waals surface area contributed by atoms with Crippen molar-refractivity contribution in [3.63, 3.8) is 0 Å². The first-order valence-corrected chi connectivity index (χ1v) is 20.9. The van der Waals surface area contributed by atoms with E-state index in [4.69, 9.17) is 9.72 Å². The minimum absolute atomic E-state index is 0.0885. The summed E-state index contributed by atoms with van der Waals surface area (Å²) in [5.74, 6) is -0.827. The number of pyridine rings is 2. The molecule has 53 heavy (non-hydrogen) atoms. The van der Waals surface area contributed by atoms with Crippen LogP contribution in [0.25, 0.3) is 10.9 Å². The average molecular weight is 739 g/mol. The second-order valence-electron chi connectivity index (χ2n) is 16.8. The molecule has 1 spiro atoms. The first-order chi connectivity index (χ1) is 25.3. The van der Waals surface area contributed by atoms with Crippen molar-refractivity contribution >= 4 is 38.5 Å². The zero-order chi connectivity index (χ0) is 37.2. The lowest BCUT2D eigenvalue weighted by molar-refractivity contribution is -0.142. The maximum absolute atomic E-state index is 14.9. The maximum Gasteiger partial charge on any atom is 0.240 e. The molecule has 2 amide bonds. The van der Waals surface area contributed by atoms with Gasteiger partial charge in [0, 0.05) is 48.0 Å². The van der Waals surface area contributed by atoms with Gasteiger partial charge in [0.15, 0.2) is 5.78 Å². The van der Waals surface area contributed by atoms with Gasteiger partial charge in [0.1, 0.15) is 11.4 Å². The number of para-hydroxylation sites is 1. The highest BCUT2D eigenvalue weighted by Gasteiger charge is 2.63. The van der Waals surface area contributed by atoms with Gasteiger partial charge in [-0.15, -0.1) is 0 Å². The van der Waals surface area contributed by atoms with Gasteiger partial charge in [-0.3, -0.25) is 24.1 Å². The van der Waals surface area contributed by atoms with Gasteiger partial charge in [0.25, 0.3) is 0 Å². The predicted octanol–water partition coefficient (Wildman–Crippen LogP) is 6.25. The van der Waals surface area contributed by atoms with Crippen molar-refractivity contribution in [1.29, 1.82) is 0 Å². The zero-order valence-corrected chi connectivity index (χ0v) is 31.8. The quantitative estimate of drug-likeness (QED) is 0.304. The third kappa shape index (κ3) is 6.67. The molecule has 2 aromatic heterocycles. The van der Waals surface area contributed by atoms with E-state index in [9.17, 15) is 22.8 Å². The van der Waals surface area contributed by atoms with Crippen LogP contribution in [0, 0.1) is 31.1 Å². The zero-order valence-electron chi connectivity index (χ0n) is 31.0. The van der Waals surface area contributed by atoms with Gasteiger partial charge in [-0.25, -0.2) is 13.4 Å². The fraction of sp³-hybridized carbons (Fsp3) is 0.548. The number of hydrogen-bond donors (Lipinski definition) is 1. The molecule has 5 heterocycles. The molecule has 0 radical (unpaired) electrons. The molecule has 1 aromatic carbocycles. The summed E-state index contributed by atoms with van der Waals surface area (Å²) >= 11 is 0. The van der Waals surface area contributed by atoms with E-state index in [0.717, 1.165) is 64.9 Å². The summed E-state index contributed by atoms with van der Waals surface area (Å²) in [5.41, 5.74) is 2.72. The van der Waals surface area contributed by atoms with Gasteiger partial charge in [-0.2, -0.15) is 0 Å². The van der Waals surface area contributed by atoms with E-state index in [1.807, 2.05) is 50.3 Å². The van der Waals surface area contributed by atoms with Gasteiger partial charge in [0.2, 0.25) is 21.8 Å². The van der Waals surface area contributed by atoms with Crippen molar-refractivity contribution in [3.05, 3.63) is 77.3 Å². The van der Waals surface area contributed by atoms with Crippen molar-refractivity contribution in [2.24, 2.45) is 17.3 Å². The highest BCUT2D eigenvalue weighted by Crippen LogP contribution is 2.58. The van der Waals surface area contributed by atoms with E-state index >= 15 is 0 Å². The van der Waals surface area contributed by atoms with Gasteiger partial charge < -0.3 is 9.64 Å². The van der Waals surface area contributed by atoms with Crippen LogP contribution in [0.1, 0.15) is 100 Å². The Bertz CT molecular complexity index is 2130. The minimum atomic E-state index is -3.90. The molecule has 0 unspecified atom stereocenters. The summed E-state index contributed by atoms with van der Waals surface area (Å²) < 4.78 is 34.9. The van der Waals surface area contributed by atoms with Crippen molar-refractivity contribution in [2.45, 2.75) is 121 Å². The molecule has 5 aliphatic rings. The van der Waals surface area contributed by atoms with Crippen molar-refractivity contribution in [3.8, 4) is 5.75 Å². The lowest BCUT2D eigenvalue weighted by Crippen LogP contribution is -2.48. The number of carbonyl (C=O) groups excluding carboxylic acids is 3. The van der Waals surface area contributed by atoms with Crippen LogP contribution in [0.15, 0.2) is 54.7 Å². The number of nitrogens with one attached hydrogen (secondary N) is 1. The Hall–Kier alpha value is -4.12. The van der Waals surface area contributed by atoms with Crippen LogP contribution in [-0.2, 0) is 37.2 Å². The van der Waals surface area contributed by atoms with Crippen LogP contribution in [0.5, 0.6) is 5.75 Å². The Morgan fingerprint density at radius 3 is 2.66 bits per heavy atom. The second-order valence-corrected chi connectivity index (χ2v) is 19.0. The number of amides is 2. The molecule has 1 saturated heterocycles. The van der Waals surface area contributed by atoms with E-state index in [-0.39, 0.29) is 36.5 Å². The standard InChI is InChI=1S/C42H50N4O6S/c1-27-16-20-43-31(21-27)22-29-11-7-5-4-6-8-12-30-23-42(30,39(49)45-53(50,51)40(3)18-19-40)25-36(47)35-24-41(26-46(35)38(29)48)17-15-33-32-13-9-10-14-34(32)44-28(2)37(33)52-41/h8-10,12-14,16,20-21,29-30,35H,4-7,11,15,17-19,22-26H2,1-3H3,(H,45,49)/b12-8-/t29-,30-,35+,41-,42-/m1/s1. The molecule has 3 fully saturated rings. The molecule has 8 rings (SSSR count). The van der Waals surface area contributed by atoms with Crippen LogP contribution >= 0.6 is 0 Å². The molecule has 10 nitrogen and oxygen atoms in total. The summed E-state index contributed by atoms with van der Waals surface area (Å²) in [5, 5.41) is 1.05. The summed E-state index contributed by atoms with van der Waals surface area (Å²) in [6, 6.07) is 11.2. The number of ether oxygens (including phenoxy) is 1. The first-order valence-electron chi connectivity index (χ1n) is 19.4. The number of ketones is 1. The maximum atomic E-state index is 14.9. The smallest absolute Gasteiger partial charge is 0.240 e. The number of hydrogen-bond acceptors (Lipinski definition) is 8. The largest absolute Gasteiger partial charge is 0.483 e. The van der Waals surface area contributed by atoms with Gasteiger partial charge in [-0.1, -0.05) is 43.2 Å². The second kappa shape index (κ2) is 13.3. The number of Topliss-reactive ketones (excluding diaryl/α,β-unsaturated/α-hetero) is 1. The molecule has 11 heteroatoms. The van der Waals surface area contributed by atoms with Gasteiger partial charge >= 0.3 is 0 Å². The van der Waals surface area contributed by atoms with Crippen LogP contribution in [0.4, 0.5) is 0 Å². The Morgan fingerprint density at radius 1 is 1.06 bits per heavy atom. The van der Waals surface area contributed by atoms with Crippen LogP contribution in [-0.4, -0.2) is 63.8 Å². The highest BCUT2D eigenvalue weighted by atomic mass is 32.2. The SMILES string of the molecule is Cc1ccnc(C[C@H]2CCCCC/C=C\[C@@H]3C[C@@]3(C(=O)NS(=O)(=O)C3(C)CC3)CC(=O)[C@@H]3C[C@]4(CCc5c(c(C)nc6ccccc56)O4)CN3C2=O)c1. The molecule has 280 valence electrons. The number of aromatic nitrogens is 2. The molecule has 2 saturated carbocycles. The van der Waals surface area contributed by atoms with Crippen LogP contribution in [0.3, 0.4) is 0 Å². The molecule has 5 atom stereocenters. The molecule has 1 N–H and O–H groups in total. The van der Waals surface area contributed by atoms with Crippen molar-refractivity contribution in [1.82, 2.24) is 19.6 Å². The lowest BCUT2D eigenvalue weighted by Gasteiger charge is -2.36. The fourth-order valence-corrected chi connectivity index (χ4v) is 10.4. The van der Waals surface area contributed by atoms with Gasteiger partial charge in [-0.05, 0) is 102 Å². The number of aryl methyl sites for hydroxylation is 3. The van der Waals surface area contributed by atoms with E-state index in [1.54, 1.807) is 18.0 Å². The summed E-state index contributed by atoms with van der Waals surface area (Å²) in [7, 11) is -3.90. The molecular weight excluding hydrogens is 689 g/mol.